The number of hydrogen-bond donors (Lipinski definition) is 1. The highest BCUT2D eigenvalue weighted by Gasteiger charge is 2.19. The molecular formula is C10H9BrF2N4. The Kier molecular flexibility index (Phi) is 3.68. The molecule has 0 spiro atoms. The van der Waals surface area contributed by atoms with E-state index in [1.807, 2.05) is 0 Å². The summed E-state index contributed by atoms with van der Waals surface area (Å²) in [6.45, 7) is 0.368. The fraction of sp³-hybridized carbons (Fsp3) is 0.200. The van der Waals surface area contributed by atoms with Crippen LogP contribution in [0.1, 0.15) is 0 Å². The minimum absolute atomic E-state index is 0.135. The zero-order chi connectivity index (χ0) is 12.3. The Hall–Kier alpha value is -1.50. The highest BCUT2D eigenvalue weighted by molar-refractivity contribution is 9.09. The first-order valence-corrected chi connectivity index (χ1v) is 5.99. The molecule has 90 valence electrons. The highest BCUT2D eigenvalue weighted by Crippen LogP contribution is 2.27. The minimum atomic E-state index is -0.637. The van der Waals surface area contributed by atoms with Crippen molar-refractivity contribution < 1.29 is 8.78 Å². The molecule has 4 nitrogen and oxygen atoms in total. The molecule has 0 aliphatic heterocycles. The molecule has 1 N–H and O–H groups in total. The van der Waals surface area contributed by atoms with Crippen LogP contribution in [0.25, 0.3) is 0 Å². The Bertz CT molecular complexity index is 469. The van der Waals surface area contributed by atoms with Gasteiger partial charge in [-0.2, -0.15) is 10.1 Å². The molecule has 0 amide bonds. The number of anilines is 2. The Morgan fingerprint density at radius 1 is 1.29 bits per heavy atom. The first-order chi connectivity index (χ1) is 8.24. The van der Waals surface area contributed by atoms with E-state index in [0.29, 0.717) is 17.8 Å². The zero-order valence-corrected chi connectivity index (χ0v) is 10.3. The SMILES string of the molecule is Fc1cccc(F)c1N(CCBr)c1ncn[nH]1. The van der Waals surface area contributed by atoms with Crippen LogP contribution in [0, 0.1) is 11.6 Å². The monoisotopic (exact) mass is 302 g/mol. The average molecular weight is 303 g/mol. The van der Waals surface area contributed by atoms with E-state index in [1.54, 1.807) is 0 Å². The van der Waals surface area contributed by atoms with Crippen LogP contribution in [-0.2, 0) is 0 Å². The van der Waals surface area contributed by atoms with E-state index in [4.69, 9.17) is 0 Å². The molecule has 0 fully saturated rings. The van der Waals surface area contributed by atoms with Crippen molar-refractivity contribution in [1.82, 2.24) is 15.2 Å². The van der Waals surface area contributed by atoms with Crippen LogP contribution in [-0.4, -0.2) is 27.1 Å². The van der Waals surface area contributed by atoms with Crippen molar-refractivity contribution in [3.8, 4) is 0 Å². The van der Waals surface area contributed by atoms with Crippen LogP contribution in [0.15, 0.2) is 24.5 Å². The number of rotatable bonds is 4. The lowest BCUT2D eigenvalue weighted by molar-refractivity contribution is 0.580. The van der Waals surface area contributed by atoms with E-state index < -0.39 is 11.6 Å². The Labute approximate surface area is 105 Å². The number of benzene rings is 1. The van der Waals surface area contributed by atoms with Crippen molar-refractivity contribution in [3.63, 3.8) is 0 Å². The smallest absolute Gasteiger partial charge is 0.225 e. The van der Waals surface area contributed by atoms with Crippen molar-refractivity contribution in [3.05, 3.63) is 36.2 Å². The number of aromatic amines is 1. The van der Waals surface area contributed by atoms with E-state index in [-0.39, 0.29) is 5.69 Å². The predicted molar refractivity (Wildman–Crippen MR) is 63.5 cm³/mol. The highest BCUT2D eigenvalue weighted by atomic mass is 79.9. The fourth-order valence-corrected chi connectivity index (χ4v) is 1.84. The number of alkyl halides is 1. The lowest BCUT2D eigenvalue weighted by Gasteiger charge is -2.21. The van der Waals surface area contributed by atoms with E-state index in [0.717, 1.165) is 0 Å². The number of H-pyrrole nitrogens is 1. The van der Waals surface area contributed by atoms with E-state index in [1.165, 1.54) is 29.4 Å². The fourth-order valence-electron chi connectivity index (χ4n) is 1.48. The van der Waals surface area contributed by atoms with Crippen molar-refractivity contribution in [1.29, 1.82) is 0 Å². The van der Waals surface area contributed by atoms with Gasteiger partial charge >= 0.3 is 0 Å². The van der Waals surface area contributed by atoms with Gasteiger partial charge in [0.05, 0.1) is 0 Å². The number of nitrogens with zero attached hydrogens (tertiary/aromatic N) is 3. The maximum absolute atomic E-state index is 13.7. The molecule has 0 bridgehead atoms. The van der Waals surface area contributed by atoms with Crippen molar-refractivity contribution in [2.75, 3.05) is 16.8 Å². The summed E-state index contributed by atoms with van der Waals surface area (Å²) >= 11 is 3.23. The quantitative estimate of drug-likeness (QED) is 0.883. The molecule has 2 rings (SSSR count). The first kappa shape index (κ1) is 12.0. The molecule has 17 heavy (non-hydrogen) atoms. The summed E-state index contributed by atoms with van der Waals surface area (Å²) in [7, 11) is 0. The van der Waals surface area contributed by atoms with Gasteiger partial charge in [-0.3, -0.25) is 0 Å². The number of nitrogens with one attached hydrogen (secondary N) is 1. The maximum atomic E-state index is 13.7. The summed E-state index contributed by atoms with van der Waals surface area (Å²) in [5, 5.41) is 6.80. The molecular weight excluding hydrogens is 294 g/mol. The molecule has 1 heterocycles. The second-order valence-electron chi connectivity index (χ2n) is 3.22. The van der Waals surface area contributed by atoms with Crippen molar-refractivity contribution in [2.24, 2.45) is 0 Å². The molecule has 7 heteroatoms. The third-order valence-electron chi connectivity index (χ3n) is 2.17. The lowest BCUT2D eigenvalue weighted by Crippen LogP contribution is -2.23. The number of hydrogen-bond acceptors (Lipinski definition) is 3. The van der Waals surface area contributed by atoms with Gasteiger partial charge in [0.1, 0.15) is 23.6 Å². The molecule has 0 atom stereocenters. The van der Waals surface area contributed by atoms with Gasteiger partial charge in [0.2, 0.25) is 5.95 Å². The van der Waals surface area contributed by atoms with Gasteiger partial charge in [-0.15, -0.1) is 0 Å². The maximum Gasteiger partial charge on any atom is 0.225 e. The van der Waals surface area contributed by atoms with Crippen molar-refractivity contribution in [2.45, 2.75) is 0 Å². The third kappa shape index (κ3) is 2.44. The van der Waals surface area contributed by atoms with E-state index in [2.05, 4.69) is 31.1 Å². The van der Waals surface area contributed by atoms with Gasteiger partial charge in [-0.1, -0.05) is 22.0 Å². The van der Waals surface area contributed by atoms with Gasteiger partial charge in [-0.25, -0.2) is 13.9 Å². The summed E-state index contributed by atoms with van der Waals surface area (Å²) in [5.74, 6) is -0.974. The first-order valence-electron chi connectivity index (χ1n) is 4.87. The van der Waals surface area contributed by atoms with Gasteiger partial charge < -0.3 is 4.90 Å². The third-order valence-corrected chi connectivity index (χ3v) is 2.53. The van der Waals surface area contributed by atoms with Gasteiger partial charge in [0.25, 0.3) is 0 Å². The Morgan fingerprint density at radius 2 is 2.00 bits per heavy atom. The lowest BCUT2D eigenvalue weighted by atomic mass is 10.2. The zero-order valence-electron chi connectivity index (χ0n) is 8.70. The topological polar surface area (TPSA) is 44.8 Å². The predicted octanol–water partition coefficient (Wildman–Crippen LogP) is 2.62. The van der Waals surface area contributed by atoms with E-state index >= 15 is 0 Å². The normalized spacial score (nSPS) is 10.5. The molecule has 1 aromatic heterocycles. The minimum Gasteiger partial charge on any atom is -0.305 e. The second kappa shape index (κ2) is 5.22. The number of para-hydroxylation sites is 1. The molecule has 0 aliphatic rings. The number of halogens is 3. The van der Waals surface area contributed by atoms with Crippen LogP contribution < -0.4 is 4.90 Å². The molecule has 0 radical (unpaired) electrons. The van der Waals surface area contributed by atoms with Crippen LogP contribution in [0.4, 0.5) is 20.4 Å². The number of aromatic nitrogens is 3. The largest absolute Gasteiger partial charge is 0.305 e. The van der Waals surface area contributed by atoms with Crippen LogP contribution >= 0.6 is 15.9 Å². The second-order valence-corrected chi connectivity index (χ2v) is 4.01. The van der Waals surface area contributed by atoms with Crippen LogP contribution in [0.2, 0.25) is 0 Å². The van der Waals surface area contributed by atoms with Crippen LogP contribution in [0.5, 0.6) is 0 Å². The summed E-state index contributed by atoms with van der Waals surface area (Å²) < 4.78 is 27.3. The van der Waals surface area contributed by atoms with Crippen molar-refractivity contribution >= 4 is 27.6 Å². The summed E-state index contributed by atoms with van der Waals surface area (Å²) in [5.41, 5.74) is -0.135. The Balaban J connectivity index is 2.46. The van der Waals surface area contributed by atoms with Gasteiger partial charge in [0, 0.05) is 11.9 Å². The van der Waals surface area contributed by atoms with Crippen LogP contribution in [0.3, 0.4) is 0 Å². The summed E-state index contributed by atoms with van der Waals surface area (Å²) in [6, 6.07) is 3.73. The molecule has 1 aromatic carbocycles. The summed E-state index contributed by atoms with van der Waals surface area (Å²) in [6.07, 6.45) is 1.29. The summed E-state index contributed by atoms with van der Waals surface area (Å²) in [4.78, 5) is 5.29. The molecule has 0 unspecified atom stereocenters. The molecule has 2 aromatic rings. The van der Waals surface area contributed by atoms with Gasteiger partial charge in [-0.05, 0) is 12.1 Å². The molecule has 0 saturated heterocycles. The standard InChI is InChI=1S/C10H9BrF2N4/c11-4-5-17(10-14-6-15-16-10)9-7(12)2-1-3-8(9)13/h1-3,6H,4-5H2,(H,14,15,16). The molecule has 0 aliphatic carbocycles. The molecule has 0 saturated carbocycles. The average Bonchev–Trinajstić information content (AvgIpc) is 2.80. The Morgan fingerprint density at radius 3 is 2.53 bits per heavy atom. The van der Waals surface area contributed by atoms with Gasteiger partial charge in [0.15, 0.2) is 0 Å². The van der Waals surface area contributed by atoms with E-state index in [9.17, 15) is 8.78 Å².